The maximum atomic E-state index is 11.9. The summed E-state index contributed by atoms with van der Waals surface area (Å²) in [7, 11) is 0. The van der Waals surface area contributed by atoms with Crippen LogP contribution in [0.15, 0.2) is 12.1 Å². The van der Waals surface area contributed by atoms with Gasteiger partial charge in [-0.05, 0) is 51.2 Å². The van der Waals surface area contributed by atoms with Crippen molar-refractivity contribution in [3.05, 3.63) is 39.1 Å². The minimum atomic E-state index is -0.0520. The van der Waals surface area contributed by atoms with E-state index < -0.39 is 0 Å². The smallest absolute Gasteiger partial charge is 0.219 e. The zero-order valence-electron chi connectivity index (χ0n) is 20.8. The van der Waals surface area contributed by atoms with Crippen LogP contribution < -0.4 is 5.32 Å². The summed E-state index contributed by atoms with van der Waals surface area (Å²) in [6.07, 6.45) is 6.42. The number of carbonyl (C=O) groups excluding carboxylic acids is 2. The number of imidazole rings is 1. The molecule has 186 valence electrons. The lowest BCUT2D eigenvalue weighted by molar-refractivity contribution is -0.129. The van der Waals surface area contributed by atoms with E-state index in [1.807, 2.05) is 17.0 Å². The summed E-state index contributed by atoms with van der Waals surface area (Å²) in [5, 5.41) is 12.3. The Morgan fingerprint density at radius 3 is 2.60 bits per heavy atom. The van der Waals surface area contributed by atoms with E-state index in [1.165, 1.54) is 29.9 Å². The number of aryl methyl sites for hydroxylation is 1. The van der Waals surface area contributed by atoms with Crippen molar-refractivity contribution < 1.29 is 9.59 Å². The number of carbonyl (C=O) groups is 2. The Balaban J connectivity index is 1.27. The minimum Gasteiger partial charge on any atom is -0.349 e. The Kier molecular flexibility index (Phi) is 6.69. The van der Waals surface area contributed by atoms with Crippen LogP contribution in [0.1, 0.15) is 85.0 Å². The molecule has 2 saturated heterocycles. The van der Waals surface area contributed by atoms with Crippen LogP contribution in [0.5, 0.6) is 0 Å². The molecule has 0 aromatic carbocycles. The molecule has 0 saturated carbocycles. The van der Waals surface area contributed by atoms with Gasteiger partial charge in [-0.2, -0.15) is 5.26 Å². The minimum absolute atomic E-state index is 0.0349. The number of hydrogen-bond donors (Lipinski definition) is 1. The Hall–Kier alpha value is -2.70. The van der Waals surface area contributed by atoms with E-state index in [0.29, 0.717) is 29.5 Å². The maximum absolute atomic E-state index is 11.9. The summed E-state index contributed by atoms with van der Waals surface area (Å²) in [5.41, 5.74) is 2.40. The van der Waals surface area contributed by atoms with Gasteiger partial charge < -0.3 is 14.8 Å². The number of aromatic nitrogens is 2. The first-order valence-corrected chi connectivity index (χ1v) is 13.5. The van der Waals surface area contributed by atoms with Gasteiger partial charge in [0.1, 0.15) is 16.8 Å². The van der Waals surface area contributed by atoms with Crippen molar-refractivity contribution in [2.24, 2.45) is 0 Å². The normalized spacial score (nSPS) is 24.6. The van der Waals surface area contributed by atoms with Gasteiger partial charge in [0.25, 0.3) is 0 Å². The number of nitrogens with one attached hydrogen (secondary N) is 1. The lowest BCUT2D eigenvalue weighted by atomic mass is 9.95. The van der Waals surface area contributed by atoms with Gasteiger partial charge in [0, 0.05) is 62.1 Å². The van der Waals surface area contributed by atoms with E-state index in [9.17, 15) is 14.9 Å². The highest BCUT2D eigenvalue weighted by Crippen LogP contribution is 2.43. The largest absolute Gasteiger partial charge is 0.349 e. The summed E-state index contributed by atoms with van der Waals surface area (Å²) in [6, 6.07) is 7.53. The van der Waals surface area contributed by atoms with E-state index in [0.717, 1.165) is 55.2 Å². The van der Waals surface area contributed by atoms with Gasteiger partial charge in [0.05, 0.1) is 18.3 Å². The zero-order valence-corrected chi connectivity index (χ0v) is 21.6. The molecule has 1 N–H and O–H groups in total. The molecule has 9 heteroatoms. The van der Waals surface area contributed by atoms with Crippen molar-refractivity contribution in [2.45, 2.75) is 90.0 Å². The second kappa shape index (κ2) is 9.75. The predicted octanol–water partition coefficient (Wildman–Crippen LogP) is 3.46. The molecule has 2 aromatic heterocycles. The lowest BCUT2D eigenvalue weighted by Crippen LogP contribution is -2.45. The van der Waals surface area contributed by atoms with E-state index in [4.69, 9.17) is 4.98 Å². The Labute approximate surface area is 210 Å². The second-order valence-corrected chi connectivity index (χ2v) is 11.3. The van der Waals surface area contributed by atoms with Crippen molar-refractivity contribution in [2.75, 3.05) is 13.1 Å². The SMILES string of the molecule is CC(=O)N[C@@H](CCN1[C@@H]2CC[C@H]1CC(n1c(C)nc3c1CCN(C(C)=O)C3)C2)c1ccc(C#N)s1. The average Bonchev–Trinajstić information content (AvgIpc) is 3.49. The molecule has 2 amide bonds. The molecular weight excluding hydrogens is 460 g/mol. The number of nitriles is 1. The van der Waals surface area contributed by atoms with Gasteiger partial charge in [-0.3, -0.25) is 14.5 Å². The molecule has 4 atom stereocenters. The van der Waals surface area contributed by atoms with Crippen LogP contribution in [0.2, 0.25) is 0 Å². The Morgan fingerprint density at radius 1 is 1.23 bits per heavy atom. The highest BCUT2D eigenvalue weighted by atomic mass is 32.1. The van der Waals surface area contributed by atoms with E-state index in [1.54, 1.807) is 13.8 Å². The number of thiophene rings is 1. The molecule has 2 bridgehead atoms. The van der Waals surface area contributed by atoms with Crippen LogP contribution in [0.4, 0.5) is 0 Å². The van der Waals surface area contributed by atoms with Crippen molar-refractivity contribution >= 4 is 23.2 Å². The van der Waals surface area contributed by atoms with E-state index in [-0.39, 0.29) is 17.9 Å². The first-order valence-electron chi connectivity index (χ1n) is 12.7. The molecule has 0 radical (unpaired) electrons. The number of fused-ring (bicyclic) bond motifs is 3. The third-order valence-corrected chi connectivity index (χ3v) is 9.14. The van der Waals surface area contributed by atoms with Crippen molar-refractivity contribution in [3.63, 3.8) is 0 Å². The summed E-state index contributed by atoms with van der Waals surface area (Å²) >= 11 is 1.47. The summed E-state index contributed by atoms with van der Waals surface area (Å²) in [5.74, 6) is 1.17. The number of hydrogen-bond acceptors (Lipinski definition) is 6. The Morgan fingerprint density at radius 2 is 1.97 bits per heavy atom. The molecule has 0 aliphatic carbocycles. The van der Waals surface area contributed by atoms with Crippen LogP contribution in [0, 0.1) is 18.3 Å². The van der Waals surface area contributed by atoms with Crippen molar-refractivity contribution in [1.82, 2.24) is 24.7 Å². The molecule has 2 aromatic rings. The van der Waals surface area contributed by atoms with Gasteiger partial charge in [-0.1, -0.05) is 0 Å². The van der Waals surface area contributed by atoms with Crippen LogP contribution in [-0.2, 0) is 22.6 Å². The topological polar surface area (TPSA) is 94.3 Å². The van der Waals surface area contributed by atoms with Gasteiger partial charge >= 0.3 is 0 Å². The number of nitrogens with zero attached hydrogens (tertiary/aromatic N) is 5. The van der Waals surface area contributed by atoms with Crippen molar-refractivity contribution in [3.8, 4) is 6.07 Å². The fourth-order valence-electron chi connectivity index (χ4n) is 6.52. The molecule has 1 unspecified atom stereocenters. The lowest BCUT2D eigenvalue weighted by Gasteiger charge is -2.41. The molecule has 3 aliphatic heterocycles. The van der Waals surface area contributed by atoms with Crippen molar-refractivity contribution in [1.29, 1.82) is 5.26 Å². The highest BCUT2D eigenvalue weighted by Gasteiger charge is 2.42. The standard InChI is InChI=1S/C26H34N6O2S/c1-16-28-24-15-30(18(3)34)10-9-25(24)32(16)21-12-19-4-5-20(13-21)31(19)11-8-23(29-17(2)33)26-7-6-22(14-27)35-26/h6-7,19-21,23H,4-5,8-13,15H2,1-3H3,(H,29,33)/t19-,20+,21?,23-/m0/s1. The number of piperidine rings is 1. The molecule has 35 heavy (non-hydrogen) atoms. The average molecular weight is 495 g/mol. The summed E-state index contributed by atoms with van der Waals surface area (Å²) in [4.78, 5) is 34.9. The van der Waals surface area contributed by atoms with E-state index >= 15 is 0 Å². The van der Waals surface area contributed by atoms with Crippen LogP contribution in [0.3, 0.4) is 0 Å². The fraction of sp³-hybridized carbons (Fsp3) is 0.615. The molecule has 8 nitrogen and oxygen atoms in total. The summed E-state index contributed by atoms with van der Waals surface area (Å²) in [6.45, 7) is 7.66. The van der Waals surface area contributed by atoms with E-state index in [2.05, 4.69) is 27.8 Å². The molecule has 2 fully saturated rings. The maximum Gasteiger partial charge on any atom is 0.219 e. The molecule has 5 heterocycles. The zero-order chi connectivity index (χ0) is 24.7. The Bertz CT molecular complexity index is 1150. The second-order valence-electron chi connectivity index (χ2n) is 10.2. The van der Waals surface area contributed by atoms with Gasteiger partial charge in [-0.15, -0.1) is 11.3 Å². The summed E-state index contributed by atoms with van der Waals surface area (Å²) < 4.78 is 2.49. The van der Waals surface area contributed by atoms with Crippen LogP contribution in [0.25, 0.3) is 0 Å². The first kappa shape index (κ1) is 24.0. The molecular formula is C26H34N6O2S. The molecule has 0 spiro atoms. The number of amides is 2. The monoisotopic (exact) mass is 494 g/mol. The van der Waals surface area contributed by atoms with Crippen LogP contribution >= 0.6 is 11.3 Å². The van der Waals surface area contributed by atoms with Gasteiger partial charge in [0.15, 0.2) is 0 Å². The molecule has 5 rings (SSSR count). The first-order chi connectivity index (χ1) is 16.8. The predicted molar refractivity (Wildman–Crippen MR) is 134 cm³/mol. The fourth-order valence-corrected chi connectivity index (χ4v) is 7.41. The molecule has 3 aliphatic rings. The third-order valence-electron chi connectivity index (χ3n) is 8.03. The quantitative estimate of drug-likeness (QED) is 0.664. The van der Waals surface area contributed by atoms with Gasteiger partial charge in [0.2, 0.25) is 11.8 Å². The number of rotatable bonds is 6. The van der Waals surface area contributed by atoms with Gasteiger partial charge in [-0.25, -0.2) is 4.98 Å². The highest BCUT2D eigenvalue weighted by molar-refractivity contribution is 7.12. The third kappa shape index (κ3) is 4.74. The van der Waals surface area contributed by atoms with Crippen LogP contribution in [-0.4, -0.2) is 56.3 Å².